The smallest absolute Gasteiger partial charge is 0.435 e. The first-order valence-electron chi connectivity index (χ1n) is 5.98. The fourth-order valence-corrected chi connectivity index (χ4v) is 4.44. The Labute approximate surface area is 169 Å². The lowest BCUT2D eigenvalue weighted by molar-refractivity contribution is -0.356. The Morgan fingerprint density at radius 3 is 1.96 bits per heavy atom. The van der Waals surface area contributed by atoms with E-state index < -0.39 is 51.0 Å². The van der Waals surface area contributed by atoms with Crippen LogP contribution < -0.4 is 5.73 Å². The molecule has 0 aromatic heterocycles. The fourth-order valence-electron chi connectivity index (χ4n) is 1.69. The van der Waals surface area contributed by atoms with Crippen LogP contribution in [0.1, 0.15) is 10.4 Å². The zero-order valence-corrected chi connectivity index (χ0v) is 17.1. The van der Waals surface area contributed by atoms with Crippen LogP contribution in [0.2, 0.25) is 0 Å². The number of carbonyl (C=O) groups excluding carboxylic acids is 1. The summed E-state index contributed by atoms with van der Waals surface area (Å²) in [6.07, 6.45) is -12.8. The predicted molar refractivity (Wildman–Crippen MR) is 93.0 cm³/mol. The second kappa shape index (κ2) is 7.46. The standard InChI is InChI=1S/C11H7F6I2NO5S/c12-10(13,14)9(11(15,16)17,3-26(22,23)24)25-8(21)5-1-4(18)2-6(19)7(5)20/h1-2H,3,20H2,(H,22,23,24). The van der Waals surface area contributed by atoms with Crippen molar-refractivity contribution in [1.29, 1.82) is 0 Å². The van der Waals surface area contributed by atoms with Gasteiger partial charge in [0.15, 0.2) is 0 Å². The quantitative estimate of drug-likeness (QED) is 0.173. The minimum atomic E-state index is -6.40. The number of nitrogen functional groups attached to an aromatic ring is 1. The highest BCUT2D eigenvalue weighted by molar-refractivity contribution is 14.1. The third-order valence-electron chi connectivity index (χ3n) is 2.88. The number of ether oxygens (including phenoxy) is 1. The number of hydrogen-bond acceptors (Lipinski definition) is 5. The van der Waals surface area contributed by atoms with E-state index in [1.165, 1.54) is 6.07 Å². The molecule has 0 saturated heterocycles. The second-order valence-corrected chi connectivity index (χ2v) is 8.65. The summed E-state index contributed by atoms with van der Waals surface area (Å²) in [6.45, 7) is 0. The highest BCUT2D eigenvalue weighted by Crippen LogP contribution is 2.47. The minimum absolute atomic E-state index is 0.140. The molecule has 1 aromatic carbocycles. The van der Waals surface area contributed by atoms with Crippen LogP contribution in [0, 0.1) is 7.14 Å². The van der Waals surface area contributed by atoms with E-state index in [0.717, 1.165) is 6.07 Å². The molecule has 0 spiro atoms. The highest BCUT2D eigenvalue weighted by Gasteiger charge is 2.76. The Kier molecular flexibility index (Phi) is 6.73. The molecule has 0 bridgehead atoms. The predicted octanol–water partition coefficient (Wildman–Crippen LogP) is 3.39. The van der Waals surface area contributed by atoms with Crippen molar-refractivity contribution >= 4 is 67.0 Å². The summed E-state index contributed by atoms with van der Waals surface area (Å²) in [4.78, 5) is 12.0. The maximum absolute atomic E-state index is 13.1. The van der Waals surface area contributed by atoms with Crippen LogP contribution >= 0.6 is 45.2 Å². The summed E-state index contributed by atoms with van der Waals surface area (Å²) in [6, 6.07) is 2.25. The second-order valence-electron chi connectivity index (χ2n) is 4.79. The third kappa shape index (κ3) is 5.03. The topological polar surface area (TPSA) is 107 Å². The van der Waals surface area contributed by atoms with Gasteiger partial charge in [-0.15, -0.1) is 0 Å². The van der Waals surface area contributed by atoms with Crippen molar-refractivity contribution in [2.75, 3.05) is 11.5 Å². The lowest BCUT2D eigenvalue weighted by Gasteiger charge is -2.35. The van der Waals surface area contributed by atoms with Crippen molar-refractivity contribution < 1.29 is 48.8 Å². The average Bonchev–Trinajstić information content (AvgIpc) is 2.37. The zero-order valence-electron chi connectivity index (χ0n) is 12.0. The zero-order chi connectivity index (χ0) is 20.7. The number of halogens is 8. The van der Waals surface area contributed by atoms with Crippen molar-refractivity contribution in [3.63, 3.8) is 0 Å². The number of alkyl halides is 6. The molecule has 0 radical (unpaired) electrons. The lowest BCUT2D eigenvalue weighted by Crippen LogP contribution is -2.63. The van der Waals surface area contributed by atoms with Gasteiger partial charge in [-0.3, -0.25) is 4.55 Å². The van der Waals surface area contributed by atoms with E-state index in [2.05, 4.69) is 4.74 Å². The number of nitrogens with two attached hydrogens (primary N) is 1. The van der Waals surface area contributed by atoms with Crippen LogP contribution in [0.3, 0.4) is 0 Å². The van der Waals surface area contributed by atoms with E-state index in [-0.39, 0.29) is 7.14 Å². The van der Waals surface area contributed by atoms with E-state index in [1.54, 1.807) is 45.2 Å². The molecule has 0 aliphatic rings. The first-order valence-corrected chi connectivity index (χ1v) is 9.74. The highest BCUT2D eigenvalue weighted by atomic mass is 127. The van der Waals surface area contributed by atoms with Crippen molar-refractivity contribution in [2.45, 2.75) is 18.0 Å². The van der Waals surface area contributed by atoms with Crippen molar-refractivity contribution in [2.24, 2.45) is 0 Å². The van der Waals surface area contributed by atoms with Gasteiger partial charge in [-0.25, -0.2) is 4.79 Å². The number of anilines is 1. The minimum Gasteiger partial charge on any atom is -0.435 e. The molecule has 1 aromatic rings. The number of hydrogen-bond donors (Lipinski definition) is 2. The molecule has 0 amide bonds. The van der Waals surface area contributed by atoms with Crippen molar-refractivity contribution in [1.82, 2.24) is 0 Å². The molecule has 0 aliphatic carbocycles. The monoisotopic (exact) mass is 633 g/mol. The van der Waals surface area contributed by atoms with Crippen LogP contribution in [0.25, 0.3) is 0 Å². The van der Waals surface area contributed by atoms with Gasteiger partial charge in [0.2, 0.25) is 0 Å². The van der Waals surface area contributed by atoms with E-state index in [0.29, 0.717) is 0 Å². The molecular formula is C11H7F6I2NO5S. The van der Waals surface area contributed by atoms with Gasteiger partial charge < -0.3 is 10.5 Å². The van der Waals surface area contributed by atoms with Gasteiger partial charge in [0.05, 0.1) is 11.3 Å². The molecule has 0 unspecified atom stereocenters. The van der Waals surface area contributed by atoms with Gasteiger partial charge in [0, 0.05) is 7.14 Å². The van der Waals surface area contributed by atoms with Crippen molar-refractivity contribution in [3.05, 3.63) is 24.8 Å². The van der Waals surface area contributed by atoms with Gasteiger partial charge in [0.1, 0.15) is 5.75 Å². The molecule has 0 aliphatic heterocycles. The van der Waals surface area contributed by atoms with Gasteiger partial charge in [-0.2, -0.15) is 34.8 Å². The third-order valence-corrected chi connectivity index (χ3v) is 5.17. The molecule has 0 saturated carbocycles. The van der Waals surface area contributed by atoms with E-state index in [9.17, 15) is 39.6 Å². The summed E-state index contributed by atoms with van der Waals surface area (Å²) >= 11 is 3.21. The summed E-state index contributed by atoms with van der Waals surface area (Å²) < 4.78 is 113. The van der Waals surface area contributed by atoms with E-state index in [1.807, 2.05) is 0 Å². The Bertz CT molecular complexity index is 810. The summed E-state index contributed by atoms with van der Waals surface area (Å²) in [7, 11) is -5.85. The molecule has 0 heterocycles. The Morgan fingerprint density at radius 1 is 1.12 bits per heavy atom. The fraction of sp³-hybridized carbons (Fsp3) is 0.364. The normalized spacial score (nSPS) is 13.6. The Morgan fingerprint density at radius 2 is 1.58 bits per heavy atom. The number of carbonyl (C=O) groups is 1. The molecule has 15 heteroatoms. The Hall–Kier alpha value is -0.560. The molecule has 26 heavy (non-hydrogen) atoms. The van der Waals surface area contributed by atoms with Crippen LogP contribution in [-0.4, -0.2) is 42.6 Å². The van der Waals surface area contributed by atoms with Gasteiger partial charge in [-0.05, 0) is 57.3 Å². The first kappa shape index (κ1) is 23.5. The average molecular weight is 633 g/mol. The number of esters is 1. The molecule has 1 rings (SSSR count). The maximum atomic E-state index is 13.1. The summed E-state index contributed by atoms with van der Waals surface area (Å²) in [5, 5.41) is 0. The molecule has 0 fully saturated rings. The SMILES string of the molecule is Nc1c(I)cc(I)cc1C(=O)OC(CS(=O)(=O)O)(C(F)(F)F)C(F)(F)F. The van der Waals surface area contributed by atoms with Crippen molar-refractivity contribution in [3.8, 4) is 0 Å². The molecular weight excluding hydrogens is 626 g/mol. The van der Waals surface area contributed by atoms with Gasteiger partial charge >= 0.3 is 23.9 Å². The first-order chi connectivity index (χ1) is 11.4. The Balaban J connectivity index is 3.58. The molecule has 3 N–H and O–H groups in total. The van der Waals surface area contributed by atoms with E-state index >= 15 is 0 Å². The molecule has 6 nitrogen and oxygen atoms in total. The molecule has 148 valence electrons. The number of benzene rings is 1. The van der Waals surface area contributed by atoms with E-state index in [4.69, 9.17) is 10.3 Å². The summed E-state index contributed by atoms with van der Waals surface area (Å²) in [5.41, 5.74) is -1.29. The molecule has 0 atom stereocenters. The van der Waals surface area contributed by atoms with Gasteiger partial charge in [0.25, 0.3) is 10.1 Å². The maximum Gasteiger partial charge on any atom is 0.438 e. The largest absolute Gasteiger partial charge is 0.438 e. The van der Waals surface area contributed by atoms with Gasteiger partial charge in [-0.1, -0.05) is 0 Å². The van der Waals surface area contributed by atoms with Crippen LogP contribution in [0.4, 0.5) is 32.0 Å². The number of rotatable bonds is 4. The van der Waals surface area contributed by atoms with Crippen LogP contribution in [0.15, 0.2) is 12.1 Å². The van der Waals surface area contributed by atoms with Crippen LogP contribution in [-0.2, 0) is 14.9 Å². The van der Waals surface area contributed by atoms with Crippen LogP contribution in [0.5, 0.6) is 0 Å². The lowest BCUT2D eigenvalue weighted by atomic mass is 10.0. The summed E-state index contributed by atoms with van der Waals surface area (Å²) in [5.74, 6) is -5.11.